The lowest BCUT2D eigenvalue weighted by atomic mass is 10.2. The van der Waals surface area contributed by atoms with E-state index in [2.05, 4.69) is 44.4 Å². The van der Waals surface area contributed by atoms with E-state index in [4.69, 9.17) is 11.6 Å². The molecule has 0 saturated carbocycles. The Labute approximate surface area is 162 Å². The number of carbonyl (C=O) groups is 1. The highest BCUT2D eigenvalue weighted by atomic mass is 35.5. The molecule has 0 aliphatic rings. The number of nitrogens with zero attached hydrogens (tertiary/aromatic N) is 5. The van der Waals surface area contributed by atoms with Gasteiger partial charge in [-0.1, -0.05) is 25.4 Å². The summed E-state index contributed by atoms with van der Waals surface area (Å²) in [6, 6.07) is 8.87. The number of halogens is 1. The molecule has 2 heterocycles. The summed E-state index contributed by atoms with van der Waals surface area (Å²) in [7, 11) is 0. The number of fused-ring (bicyclic) bond motifs is 1. The minimum Gasteiger partial charge on any atom is -0.351 e. The molecule has 27 heavy (non-hydrogen) atoms. The smallest absolute Gasteiger partial charge is 0.255 e. The van der Waals surface area contributed by atoms with Crippen LogP contribution in [0, 0.1) is 0 Å². The van der Waals surface area contributed by atoms with E-state index in [0.29, 0.717) is 28.9 Å². The van der Waals surface area contributed by atoms with Crippen LogP contribution >= 0.6 is 11.6 Å². The molecule has 0 aliphatic carbocycles. The number of anilines is 2. The van der Waals surface area contributed by atoms with Gasteiger partial charge in [-0.25, -0.2) is 0 Å². The van der Waals surface area contributed by atoms with Crippen molar-refractivity contribution in [1.82, 2.24) is 29.8 Å². The molecular weight excluding hydrogens is 366 g/mol. The predicted molar refractivity (Wildman–Crippen MR) is 106 cm³/mol. The van der Waals surface area contributed by atoms with Crippen LogP contribution in [0.15, 0.2) is 36.7 Å². The van der Waals surface area contributed by atoms with Gasteiger partial charge in [-0.3, -0.25) is 4.79 Å². The molecule has 0 fully saturated rings. The van der Waals surface area contributed by atoms with Gasteiger partial charge in [0.05, 0.1) is 0 Å². The first-order chi connectivity index (χ1) is 13.1. The first kappa shape index (κ1) is 19.1. The molecule has 1 aromatic carbocycles. The predicted octanol–water partition coefficient (Wildman–Crippen LogP) is 2.59. The summed E-state index contributed by atoms with van der Waals surface area (Å²) in [5.74, 6) is 0.965. The van der Waals surface area contributed by atoms with Crippen LogP contribution in [0.25, 0.3) is 5.78 Å². The number of hydrogen-bond donors (Lipinski definition) is 2. The fourth-order valence-corrected chi connectivity index (χ4v) is 2.87. The van der Waals surface area contributed by atoms with Gasteiger partial charge in [0.25, 0.3) is 11.7 Å². The molecule has 2 aromatic heterocycles. The number of hydrogen-bond acceptors (Lipinski definition) is 6. The van der Waals surface area contributed by atoms with E-state index in [0.717, 1.165) is 25.3 Å². The van der Waals surface area contributed by atoms with E-state index in [1.807, 2.05) is 12.1 Å². The Balaban J connectivity index is 1.63. The van der Waals surface area contributed by atoms with Crippen LogP contribution in [0.4, 0.5) is 11.5 Å². The number of benzene rings is 1. The van der Waals surface area contributed by atoms with Crippen molar-refractivity contribution in [2.24, 2.45) is 0 Å². The summed E-state index contributed by atoms with van der Waals surface area (Å²) in [6.45, 7) is 7.64. The third-order valence-electron chi connectivity index (χ3n) is 4.25. The van der Waals surface area contributed by atoms with Crippen LogP contribution < -0.4 is 10.6 Å². The standard InChI is InChI=1S/C18H22ClN7O/c1-3-25(4-2)10-9-20-17(27)13-5-7-14(8-6-13)23-16-11-15(19)24-18-21-12-22-26(16)18/h5-8,11-12,23H,3-4,9-10H2,1-2H3,(H,20,27). The highest BCUT2D eigenvalue weighted by Gasteiger charge is 2.09. The van der Waals surface area contributed by atoms with Gasteiger partial charge in [0.2, 0.25) is 0 Å². The summed E-state index contributed by atoms with van der Waals surface area (Å²) in [5, 5.41) is 10.6. The second-order valence-corrected chi connectivity index (χ2v) is 6.31. The van der Waals surface area contributed by atoms with Gasteiger partial charge >= 0.3 is 0 Å². The summed E-state index contributed by atoms with van der Waals surface area (Å²) < 4.78 is 1.56. The molecular formula is C18H22ClN7O. The second-order valence-electron chi connectivity index (χ2n) is 5.92. The highest BCUT2D eigenvalue weighted by Crippen LogP contribution is 2.20. The molecule has 0 spiro atoms. The van der Waals surface area contributed by atoms with Gasteiger partial charge in [0.15, 0.2) is 0 Å². The van der Waals surface area contributed by atoms with Gasteiger partial charge in [-0.05, 0) is 37.4 Å². The Morgan fingerprint density at radius 3 is 2.67 bits per heavy atom. The lowest BCUT2D eigenvalue weighted by Crippen LogP contribution is -2.34. The van der Waals surface area contributed by atoms with E-state index in [1.54, 1.807) is 22.7 Å². The summed E-state index contributed by atoms with van der Waals surface area (Å²) in [4.78, 5) is 22.6. The lowest BCUT2D eigenvalue weighted by molar-refractivity contribution is 0.0949. The van der Waals surface area contributed by atoms with Crippen molar-refractivity contribution in [1.29, 1.82) is 0 Å². The van der Waals surface area contributed by atoms with E-state index in [1.165, 1.54) is 6.33 Å². The summed E-state index contributed by atoms with van der Waals surface area (Å²) >= 11 is 6.02. The van der Waals surface area contributed by atoms with Crippen LogP contribution in [-0.2, 0) is 0 Å². The summed E-state index contributed by atoms with van der Waals surface area (Å²) in [6.07, 6.45) is 1.41. The fourth-order valence-electron chi connectivity index (χ4n) is 2.69. The molecule has 0 aliphatic heterocycles. The first-order valence-corrected chi connectivity index (χ1v) is 9.22. The third-order valence-corrected chi connectivity index (χ3v) is 4.44. The van der Waals surface area contributed by atoms with Crippen LogP contribution in [0.5, 0.6) is 0 Å². The topological polar surface area (TPSA) is 87.5 Å². The molecule has 142 valence electrons. The molecule has 0 bridgehead atoms. The maximum atomic E-state index is 12.3. The average Bonchev–Trinajstić information content (AvgIpc) is 3.14. The van der Waals surface area contributed by atoms with E-state index in [9.17, 15) is 4.79 Å². The van der Waals surface area contributed by atoms with E-state index >= 15 is 0 Å². The average molecular weight is 388 g/mol. The Hall–Kier alpha value is -2.71. The number of nitrogens with one attached hydrogen (secondary N) is 2. The van der Waals surface area contributed by atoms with Crippen LogP contribution in [-0.4, -0.2) is 56.6 Å². The van der Waals surface area contributed by atoms with E-state index < -0.39 is 0 Å². The third kappa shape index (κ3) is 4.72. The highest BCUT2D eigenvalue weighted by molar-refractivity contribution is 6.29. The van der Waals surface area contributed by atoms with Crippen molar-refractivity contribution in [2.75, 3.05) is 31.5 Å². The Bertz CT molecular complexity index is 906. The number of likely N-dealkylation sites (N-methyl/N-ethyl adjacent to an activating group) is 1. The zero-order chi connectivity index (χ0) is 19.2. The monoisotopic (exact) mass is 387 g/mol. The van der Waals surface area contributed by atoms with Crippen molar-refractivity contribution in [3.8, 4) is 0 Å². The molecule has 3 rings (SSSR count). The maximum absolute atomic E-state index is 12.3. The lowest BCUT2D eigenvalue weighted by Gasteiger charge is -2.18. The Morgan fingerprint density at radius 1 is 1.22 bits per heavy atom. The molecule has 2 N–H and O–H groups in total. The number of carbonyl (C=O) groups excluding carboxylic acids is 1. The van der Waals surface area contributed by atoms with Crippen LogP contribution in [0.2, 0.25) is 5.15 Å². The fraction of sp³-hybridized carbons (Fsp3) is 0.333. The van der Waals surface area contributed by atoms with Crippen molar-refractivity contribution in [3.63, 3.8) is 0 Å². The zero-order valence-corrected chi connectivity index (χ0v) is 16.1. The number of rotatable bonds is 8. The number of aromatic nitrogens is 4. The molecule has 8 nitrogen and oxygen atoms in total. The normalized spacial score (nSPS) is 11.1. The molecule has 9 heteroatoms. The molecule has 3 aromatic rings. The molecule has 0 radical (unpaired) electrons. The van der Waals surface area contributed by atoms with Gasteiger partial charge in [0, 0.05) is 30.4 Å². The molecule has 0 atom stereocenters. The minimum absolute atomic E-state index is 0.0840. The van der Waals surface area contributed by atoms with Gasteiger partial charge < -0.3 is 15.5 Å². The van der Waals surface area contributed by atoms with Gasteiger partial charge in [0.1, 0.15) is 17.3 Å². The molecule has 0 saturated heterocycles. The van der Waals surface area contributed by atoms with E-state index in [-0.39, 0.29) is 5.91 Å². The Morgan fingerprint density at radius 2 is 1.96 bits per heavy atom. The largest absolute Gasteiger partial charge is 0.351 e. The van der Waals surface area contributed by atoms with Crippen molar-refractivity contribution < 1.29 is 4.79 Å². The quantitative estimate of drug-likeness (QED) is 0.578. The summed E-state index contributed by atoms with van der Waals surface area (Å²) in [5.41, 5.74) is 1.41. The minimum atomic E-state index is -0.0840. The van der Waals surface area contributed by atoms with Gasteiger partial charge in [-0.2, -0.15) is 19.6 Å². The molecule has 0 unspecified atom stereocenters. The zero-order valence-electron chi connectivity index (χ0n) is 15.3. The number of amides is 1. The first-order valence-electron chi connectivity index (χ1n) is 8.84. The molecule has 1 amide bonds. The SMILES string of the molecule is CCN(CC)CCNC(=O)c1ccc(Nc2cc(Cl)nc3ncnn23)cc1. The second kappa shape index (κ2) is 8.79. The van der Waals surface area contributed by atoms with Gasteiger partial charge in [-0.15, -0.1) is 0 Å². The van der Waals surface area contributed by atoms with Crippen molar-refractivity contribution in [3.05, 3.63) is 47.4 Å². The Kier molecular flexibility index (Phi) is 6.20. The van der Waals surface area contributed by atoms with Crippen LogP contribution in [0.3, 0.4) is 0 Å². The van der Waals surface area contributed by atoms with Crippen LogP contribution in [0.1, 0.15) is 24.2 Å². The van der Waals surface area contributed by atoms with Crippen molar-refractivity contribution >= 4 is 34.8 Å². The van der Waals surface area contributed by atoms with Crippen molar-refractivity contribution in [2.45, 2.75) is 13.8 Å². The maximum Gasteiger partial charge on any atom is 0.255 e.